The Morgan fingerprint density at radius 3 is 3.00 bits per heavy atom. The van der Waals surface area contributed by atoms with Crippen LogP contribution in [0.2, 0.25) is 0 Å². The van der Waals surface area contributed by atoms with Crippen LogP contribution in [0.15, 0.2) is 6.20 Å². The Kier molecular flexibility index (Phi) is 5.81. The molecule has 1 amide bonds. The third kappa shape index (κ3) is 4.46. The van der Waals surface area contributed by atoms with Crippen molar-refractivity contribution in [2.45, 2.75) is 43.6 Å². The molecule has 1 saturated carbocycles. The molecule has 0 bridgehead atoms. The molecule has 1 heterocycles. The minimum atomic E-state index is -2.29. The molecule has 0 aliphatic heterocycles. The third-order valence-corrected chi connectivity index (χ3v) is 4.15. The summed E-state index contributed by atoms with van der Waals surface area (Å²) in [6.45, 7) is 0. The smallest absolute Gasteiger partial charge is 0.254 e. The van der Waals surface area contributed by atoms with Crippen molar-refractivity contribution < 1.29 is 18.3 Å². The molecule has 22 heavy (non-hydrogen) atoms. The minimum absolute atomic E-state index is 0.0947. The number of primary amides is 1. The van der Waals surface area contributed by atoms with Crippen molar-refractivity contribution in [2.24, 2.45) is 5.73 Å². The summed E-state index contributed by atoms with van der Waals surface area (Å²) in [5.74, 6) is -0.556. The molecule has 1 aliphatic carbocycles. The van der Waals surface area contributed by atoms with Gasteiger partial charge in [-0.1, -0.05) is 0 Å². The SMILES string of the molecule is CO[C@H]1CCC[C@@H](Nc2nc(CS(=O)[O-])ncc2C(N)=O)C1. The lowest BCUT2D eigenvalue weighted by atomic mass is 9.93. The van der Waals surface area contributed by atoms with Crippen LogP contribution in [0.25, 0.3) is 0 Å². The fourth-order valence-electron chi connectivity index (χ4n) is 2.57. The van der Waals surface area contributed by atoms with Gasteiger partial charge < -0.3 is 20.3 Å². The second kappa shape index (κ2) is 7.61. The highest BCUT2D eigenvalue weighted by Crippen LogP contribution is 2.24. The molecule has 1 aliphatic rings. The van der Waals surface area contributed by atoms with E-state index in [0.29, 0.717) is 0 Å². The van der Waals surface area contributed by atoms with E-state index in [1.807, 2.05) is 0 Å². The molecular formula is C13H19N4O4S-. The van der Waals surface area contributed by atoms with Gasteiger partial charge in [-0.15, -0.1) is 0 Å². The Hall–Kier alpha value is -1.58. The number of hydrogen-bond donors (Lipinski definition) is 2. The normalized spacial score (nSPS) is 23.0. The van der Waals surface area contributed by atoms with E-state index in [1.54, 1.807) is 7.11 Å². The van der Waals surface area contributed by atoms with Crippen molar-refractivity contribution in [3.8, 4) is 0 Å². The summed E-state index contributed by atoms with van der Waals surface area (Å²) in [7, 11) is 1.67. The Bertz CT molecular complexity index is 569. The standard InChI is InChI=1S/C13H20N4O4S/c1-21-9-4-2-3-8(5-9)16-13-10(12(14)18)6-15-11(17-13)7-22(19)20/h6,8-9H,2-5,7H2,1H3,(H2,14,18)(H,19,20)(H,15,16,17)/p-1/t8-,9+/m1/s1. The molecule has 3 atom stereocenters. The van der Waals surface area contributed by atoms with Gasteiger partial charge >= 0.3 is 0 Å². The van der Waals surface area contributed by atoms with E-state index in [2.05, 4.69) is 15.3 Å². The van der Waals surface area contributed by atoms with Crippen LogP contribution in [0.5, 0.6) is 0 Å². The first-order chi connectivity index (χ1) is 10.5. The molecule has 0 aromatic carbocycles. The molecule has 1 aromatic rings. The van der Waals surface area contributed by atoms with E-state index in [1.165, 1.54) is 6.20 Å². The lowest BCUT2D eigenvalue weighted by molar-refractivity contribution is 0.0669. The molecule has 122 valence electrons. The van der Waals surface area contributed by atoms with Crippen LogP contribution in [-0.2, 0) is 21.6 Å². The summed E-state index contributed by atoms with van der Waals surface area (Å²) in [6.07, 6.45) is 5.15. The second-order valence-electron chi connectivity index (χ2n) is 5.23. The van der Waals surface area contributed by atoms with E-state index in [4.69, 9.17) is 10.5 Å². The second-order valence-corrected chi connectivity index (χ2v) is 6.12. The van der Waals surface area contributed by atoms with E-state index in [0.717, 1.165) is 25.7 Å². The van der Waals surface area contributed by atoms with E-state index >= 15 is 0 Å². The molecule has 8 nitrogen and oxygen atoms in total. The summed E-state index contributed by atoms with van der Waals surface area (Å²) >= 11 is -2.29. The number of rotatable bonds is 6. The molecule has 0 radical (unpaired) electrons. The topological polar surface area (TPSA) is 130 Å². The van der Waals surface area contributed by atoms with Crippen molar-refractivity contribution in [1.82, 2.24) is 9.97 Å². The number of carbonyl (C=O) groups excluding carboxylic acids is 1. The number of ether oxygens (including phenoxy) is 1. The molecule has 0 saturated heterocycles. The van der Waals surface area contributed by atoms with Crippen LogP contribution in [-0.4, -0.2) is 43.9 Å². The number of methoxy groups -OCH3 is 1. The van der Waals surface area contributed by atoms with Gasteiger partial charge in [0.05, 0.1) is 17.4 Å². The maximum absolute atomic E-state index is 11.5. The number of hydrogen-bond acceptors (Lipinski definition) is 7. The van der Waals surface area contributed by atoms with Crippen molar-refractivity contribution >= 4 is 22.8 Å². The molecule has 1 unspecified atom stereocenters. The highest BCUT2D eigenvalue weighted by atomic mass is 32.2. The van der Waals surface area contributed by atoms with Gasteiger partial charge in [-0.3, -0.25) is 9.00 Å². The van der Waals surface area contributed by atoms with E-state index in [-0.39, 0.29) is 35.1 Å². The van der Waals surface area contributed by atoms with Crippen molar-refractivity contribution in [1.29, 1.82) is 0 Å². The van der Waals surface area contributed by atoms with Crippen LogP contribution >= 0.6 is 0 Å². The molecule has 3 N–H and O–H groups in total. The zero-order valence-electron chi connectivity index (χ0n) is 12.3. The summed E-state index contributed by atoms with van der Waals surface area (Å²) in [5.41, 5.74) is 5.47. The number of nitrogens with one attached hydrogen (secondary N) is 1. The first kappa shape index (κ1) is 16.8. The third-order valence-electron chi connectivity index (χ3n) is 3.65. The molecule has 9 heteroatoms. The Labute approximate surface area is 131 Å². The van der Waals surface area contributed by atoms with Crippen molar-refractivity contribution in [3.05, 3.63) is 17.6 Å². The predicted octanol–water partition coefficient (Wildman–Crippen LogP) is 0.324. The van der Waals surface area contributed by atoms with E-state index in [9.17, 15) is 13.6 Å². The minimum Gasteiger partial charge on any atom is -0.772 e. The van der Waals surface area contributed by atoms with Crippen LogP contribution in [0.1, 0.15) is 41.9 Å². The van der Waals surface area contributed by atoms with Crippen LogP contribution in [0.4, 0.5) is 5.82 Å². The number of nitrogens with zero attached hydrogens (tertiary/aromatic N) is 2. The fourth-order valence-corrected chi connectivity index (χ4v) is 2.92. The Morgan fingerprint density at radius 2 is 2.36 bits per heavy atom. The zero-order valence-corrected chi connectivity index (χ0v) is 13.1. The number of anilines is 1. The number of aromatic nitrogens is 2. The average molecular weight is 327 g/mol. The largest absolute Gasteiger partial charge is 0.772 e. The van der Waals surface area contributed by atoms with Crippen LogP contribution < -0.4 is 11.1 Å². The maximum Gasteiger partial charge on any atom is 0.254 e. The number of nitrogens with two attached hydrogens (primary N) is 1. The molecular weight excluding hydrogens is 308 g/mol. The van der Waals surface area contributed by atoms with Gasteiger partial charge in [0.2, 0.25) is 0 Å². The number of carbonyl (C=O) groups is 1. The van der Waals surface area contributed by atoms with Crippen LogP contribution in [0.3, 0.4) is 0 Å². The maximum atomic E-state index is 11.5. The summed E-state index contributed by atoms with van der Waals surface area (Å²) < 4.78 is 26.9. The lowest BCUT2D eigenvalue weighted by Crippen LogP contribution is -2.32. The highest BCUT2D eigenvalue weighted by Gasteiger charge is 2.23. The predicted molar refractivity (Wildman–Crippen MR) is 79.8 cm³/mol. The van der Waals surface area contributed by atoms with Gasteiger partial charge in [-0.2, -0.15) is 0 Å². The average Bonchev–Trinajstić information content (AvgIpc) is 2.46. The molecule has 1 fully saturated rings. The van der Waals surface area contributed by atoms with Gasteiger partial charge in [0.15, 0.2) is 0 Å². The number of amides is 1. The Morgan fingerprint density at radius 1 is 1.59 bits per heavy atom. The fraction of sp³-hybridized carbons (Fsp3) is 0.615. The van der Waals surface area contributed by atoms with Gasteiger partial charge in [0.1, 0.15) is 11.6 Å². The van der Waals surface area contributed by atoms with Crippen molar-refractivity contribution in [3.63, 3.8) is 0 Å². The van der Waals surface area contributed by atoms with Gasteiger partial charge in [0, 0.05) is 19.3 Å². The first-order valence-electron chi connectivity index (χ1n) is 7.00. The molecule has 1 aromatic heterocycles. The van der Waals surface area contributed by atoms with E-state index < -0.39 is 17.0 Å². The van der Waals surface area contributed by atoms with Gasteiger partial charge in [0.25, 0.3) is 5.91 Å². The Balaban J connectivity index is 2.19. The summed E-state index contributed by atoms with van der Waals surface area (Å²) in [4.78, 5) is 19.5. The van der Waals surface area contributed by atoms with Crippen LogP contribution in [0, 0.1) is 0 Å². The highest BCUT2D eigenvalue weighted by molar-refractivity contribution is 7.78. The quantitative estimate of drug-likeness (QED) is 0.720. The molecule has 0 spiro atoms. The monoisotopic (exact) mass is 327 g/mol. The first-order valence-corrected chi connectivity index (χ1v) is 8.25. The van der Waals surface area contributed by atoms with Crippen molar-refractivity contribution in [2.75, 3.05) is 12.4 Å². The summed E-state index contributed by atoms with van der Waals surface area (Å²) in [5, 5.41) is 3.18. The van der Waals surface area contributed by atoms with Gasteiger partial charge in [-0.05, 0) is 36.8 Å². The zero-order chi connectivity index (χ0) is 16.1. The lowest BCUT2D eigenvalue weighted by Gasteiger charge is -2.29. The van der Waals surface area contributed by atoms with Gasteiger partial charge in [-0.25, -0.2) is 9.97 Å². The summed E-state index contributed by atoms with van der Waals surface area (Å²) in [6, 6.07) is 0.0947. The molecule has 2 rings (SSSR count).